The van der Waals surface area contributed by atoms with Gasteiger partial charge in [-0.2, -0.15) is 12.8 Å². The van der Waals surface area contributed by atoms with E-state index in [4.69, 9.17) is 0 Å². The van der Waals surface area contributed by atoms with Crippen LogP contribution in [0, 0.1) is 17.8 Å². The van der Waals surface area contributed by atoms with Gasteiger partial charge in [0.05, 0.1) is 0 Å². The SMILES string of the molecule is CCC1CC2(CC[CH-]CC2)C1.[K+]. The van der Waals surface area contributed by atoms with Crippen LogP contribution in [0.1, 0.15) is 51.9 Å². The van der Waals surface area contributed by atoms with Crippen LogP contribution in [0.2, 0.25) is 0 Å². The van der Waals surface area contributed by atoms with Crippen LogP contribution in [0.15, 0.2) is 0 Å². The van der Waals surface area contributed by atoms with Gasteiger partial charge in [-0.05, 0) is 24.2 Å². The Labute approximate surface area is 119 Å². The Morgan fingerprint density at radius 1 is 1.25 bits per heavy atom. The van der Waals surface area contributed by atoms with E-state index in [-0.39, 0.29) is 51.4 Å². The van der Waals surface area contributed by atoms with E-state index in [1.165, 1.54) is 32.1 Å². The fourth-order valence-electron chi connectivity index (χ4n) is 2.95. The van der Waals surface area contributed by atoms with Crippen LogP contribution in [0.3, 0.4) is 0 Å². The van der Waals surface area contributed by atoms with Gasteiger partial charge in [-0.15, -0.1) is 0 Å². The topological polar surface area (TPSA) is 0 Å². The van der Waals surface area contributed by atoms with Crippen molar-refractivity contribution in [1.29, 1.82) is 0 Å². The molecule has 0 unspecified atom stereocenters. The third-order valence-electron chi connectivity index (χ3n) is 3.78. The molecular formula is C11H19K. The maximum atomic E-state index is 2.48. The first-order chi connectivity index (χ1) is 5.35. The summed E-state index contributed by atoms with van der Waals surface area (Å²) in [5, 5.41) is 0. The third kappa shape index (κ3) is 2.36. The molecule has 64 valence electrons. The Bertz CT molecular complexity index is 128. The molecule has 12 heavy (non-hydrogen) atoms. The second kappa shape index (κ2) is 4.93. The molecule has 0 nitrogen and oxygen atoms in total. The van der Waals surface area contributed by atoms with Crippen LogP contribution in [0.25, 0.3) is 0 Å². The second-order valence-corrected chi connectivity index (χ2v) is 4.55. The number of hydrogen-bond donors (Lipinski definition) is 0. The summed E-state index contributed by atoms with van der Waals surface area (Å²) in [5.74, 6) is 1.09. The molecule has 0 N–H and O–H groups in total. The summed E-state index contributed by atoms with van der Waals surface area (Å²) in [7, 11) is 0. The average molecular weight is 190 g/mol. The Morgan fingerprint density at radius 2 is 1.83 bits per heavy atom. The van der Waals surface area contributed by atoms with Gasteiger partial charge >= 0.3 is 51.4 Å². The predicted octanol–water partition coefficient (Wildman–Crippen LogP) is 0.575. The van der Waals surface area contributed by atoms with E-state index < -0.39 is 0 Å². The standard InChI is InChI=1S/C11H19.K/c1-2-10-8-11(9-10)6-4-3-5-7-11;/h3,10H,2,4-9H2,1H3;/q-1;+1. The zero-order valence-electron chi connectivity index (χ0n) is 8.60. The minimum Gasteiger partial charge on any atom is -0.328 e. The first-order valence-electron chi connectivity index (χ1n) is 5.16. The Kier molecular flexibility index (Phi) is 4.81. The van der Waals surface area contributed by atoms with Gasteiger partial charge in [-0.3, -0.25) is 0 Å². The van der Waals surface area contributed by atoms with Gasteiger partial charge in [0.2, 0.25) is 0 Å². The second-order valence-electron chi connectivity index (χ2n) is 4.55. The van der Waals surface area contributed by atoms with E-state index in [1.54, 1.807) is 12.8 Å². The van der Waals surface area contributed by atoms with Gasteiger partial charge in [-0.1, -0.05) is 26.2 Å². The van der Waals surface area contributed by atoms with Gasteiger partial charge < -0.3 is 6.42 Å². The van der Waals surface area contributed by atoms with Crippen molar-refractivity contribution < 1.29 is 51.4 Å². The van der Waals surface area contributed by atoms with Crippen molar-refractivity contribution in [2.75, 3.05) is 0 Å². The normalized spacial score (nSPS) is 27.8. The van der Waals surface area contributed by atoms with Crippen molar-refractivity contribution in [3.05, 3.63) is 6.42 Å². The molecule has 2 aliphatic carbocycles. The molecule has 2 aliphatic rings. The summed E-state index contributed by atoms with van der Waals surface area (Å²) >= 11 is 0. The average Bonchev–Trinajstić information content (AvgIpc) is 2.01. The molecule has 0 saturated heterocycles. The van der Waals surface area contributed by atoms with Crippen molar-refractivity contribution in [3.63, 3.8) is 0 Å². The Balaban J connectivity index is 0.000000720. The van der Waals surface area contributed by atoms with Crippen LogP contribution >= 0.6 is 0 Å². The van der Waals surface area contributed by atoms with Gasteiger partial charge in [0.1, 0.15) is 0 Å². The Hall–Kier alpha value is 1.64. The van der Waals surface area contributed by atoms with Gasteiger partial charge in [0.15, 0.2) is 0 Å². The smallest absolute Gasteiger partial charge is 0.328 e. The zero-order valence-corrected chi connectivity index (χ0v) is 11.7. The van der Waals surface area contributed by atoms with E-state index in [0.29, 0.717) is 0 Å². The predicted molar refractivity (Wildman–Crippen MR) is 48.2 cm³/mol. The van der Waals surface area contributed by atoms with E-state index in [1.807, 2.05) is 0 Å². The fraction of sp³-hybridized carbons (Fsp3) is 0.909. The molecule has 0 aromatic carbocycles. The molecule has 0 atom stereocenters. The largest absolute Gasteiger partial charge is 1.00 e. The molecule has 0 aromatic rings. The minimum absolute atomic E-state index is 0. The zero-order chi connectivity index (χ0) is 7.73. The van der Waals surface area contributed by atoms with Crippen molar-refractivity contribution in [2.24, 2.45) is 11.3 Å². The summed E-state index contributed by atoms with van der Waals surface area (Å²) in [4.78, 5) is 0. The van der Waals surface area contributed by atoms with Crippen LogP contribution in [-0.2, 0) is 0 Å². The molecule has 0 radical (unpaired) electrons. The van der Waals surface area contributed by atoms with Crippen molar-refractivity contribution in [2.45, 2.75) is 51.9 Å². The van der Waals surface area contributed by atoms with Gasteiger partial charge in [-0.25, -0.2) is 0 Å². The first-order valence-corrected chi connectivity index (χ1v) is 5.16. The van der Waals surface area contributed by atoms with Crippen LogP contribution < -0.4 is 51.4 Å². The van der Waals surface area contributed by atoms with Gasteiger partial charge in [0, 0.05) is 0 Å². The summed E-state index contributed by atoms with van der Waals surface area (Å²) in [6.07, 6.45) is 12.8. The molecule has 0 amide bonds. The van der Waals surface area contributed by atoms with Gasteiger partial charge in [0.25, 0.3) is 0 Å². The van der Waals surface area contributed by atoms with Crippen LogP contribution in [0.5, 0.6) is 0 Å². The van der Waals surface area contributed by atoms with E-state index in [9.17, 15) is 0 Å². The van der Waals surface area contributed by atoms with Crippen molar-refractivity contribution >= 4 is 0 Å². The molecule has 1 heteroatoms. The maximum Gasteiger partial charge on any atom is 1.00 e. The molecule has 0 aromatic heterocycles. The summed E-state index contributed by atoms with van der Waals surface area (Å²) in [6, 6.07) is 0. The molecule has 2 fully saturated rings. The summed E-state index contributed by atoms with van der Waals surface area (Å²) in [5.41, 5.74) is 0.843. The maximum absolute atomic E-state index is 2.48. The summed E-state index contributed by atoms with van der Waals surface area (Å²) in [6.45, 7) is 2.34. The Morgan fingerprint density at radius 3 is 2.33 bits per heavy atom. The summed E-state index contributed by atoms with van der Waals surface area (Å²) < 4.78 is 0. The minimum atomic E-state index is 0. The quantitative estimate of drug-likeness (QED) is 0.419. The van der Waals surface area contributed by atoms with Crippen LogP contribution in [0.4, 0.5) is 0 Å². The van der Waals surface area contributed by atoms with E-state index in [0.717, 1.165) is 11.3 Å². The number of rotatable bonds is 1. The molecule has 2 rings (SSSR count). The van der Waals surface area contributed by atoms with Crippen LogP contribution in [-0.4, -0.2) is 0 Å². The number of hydrogen-bond acceptors (Lipinski definition) is 0. The molecule has 0 bridgehead atoms. The van der Waals surface area contributed by atoms with E-state index >= 15 is 0 Å². The first kappa shape index (κ1) is 11.7. The van der Waals surface area contributed by atoms with Crippen molar-refractivity contribution in [3.8, 4) is 0 Å². The monoisotopic (exact) mass is 190 g/mol. The van der Waals surface area contributed by atoms with E-state index in [2.05, 4.69) is 13.3 Å². The molecular weight excluding hydrogens is 171 g/mol. The molecule has 0 aliphatic heterocycles. The molecule has 2 saturated carbocycles. The third-order valence-corrected chi connectivity index (χ3v) is 3.78. The van der Waals surface area contributed by atoms with Crippen molar-refractivity contribution in [1.82, 2.24) is 0 Å². The fourth-order valence-corrected chi connectivity index (χ4v) is 2.95. The molecule has 0 heterocycles. The molecule has 1 spiro atoms.